The van der Waals surface area contributed by atoms with Crippen LogP contribution in [0.4, 0.5) is 17.1 Å². The third kappa shape index (κ3) is 5.96. The fourth-order valence-electron chi connectivity index (χ4n) is 9.53. The van der Waals surface area contributed by atoms with Gasteiger partial charge in [-0.05, 0) is 103 Å². The summed E-state index contributed by atoms with van der Waals surface area (Å²) in [5.41, 5.74) is 14.1. The van der Waals surface area contributed by atoms with E-state index in [1.807, 2.05) is 0 Å². The molecule has 0 spiro atoms. The highest BCUT2D eigenvalue weighted by molar-refractivity contribution is 6.19. The van der Waals surface area contributed by atoms with Gasteiger partial charge in [0.1, 0.15) is 11.2 Å². The van der Waals surface area contributed by atoms with Gasteiger partial charge >= 0.3 is 0 Å². The first-order valence-corrected chi connectivity index (χ1v) is 21.3. The standard InChI is InChI=1S/C60H39NO/c1-2-16-40(17-3-1)42-30-33-43(34-31-42)48-22-10-13-27-55(48)61(56-28-14-11-25-52(56)54-39-45-20-6-7-21-47(45)50-23-8-9-24-51(50)54)57-37-36-49(46-35-32-41-18-4-5-19-44(41)38-46)60-59(57)53-26-12-15-29-58(53)62-60/h1-39H. The maximum absolute atomic E-state index is 6.98. The van der Waals surface area contributed by atoms with Crippen molar-refractivity contribution >= 4 is 71.3 Å². The molecule has 0 atom stereocenters. The smallest absolute Gasteiger partial charge is 0.145 e. The minimum Gasteiger partial charge on any atom is -0.455 e. The number of rotatable bonds is 7. The number of benzene rings is 11. The molecule has 2 heteroatoms. The molecule has 0 bridgehead atoms. The lowest BCUT2D eigenvalue weighted by Crippen LogP contribution is -2.13. The van der Waals surface area contributed by atoms with Crippen molar-refractivity contribution in [3.05, 3.63) is 237 Å². The molecule has 0 aliphatic carbocycles. The maximum Gasteiger partial charge on any atom is 0.145 e. The van der Waals surface area contributed by atoms with Gasteiger partial charge in [0.2, 0.25) is 0 Å². The van der Waals surface area contributed by atoms with Gasteiger partial charge in [0, 0.05) is 22.1 Å². The first kappa shape index (κ1) is 35.7. The molecule has 0 radical (unpaired) electrons. The summed E-state index contributed by atoms with van der Waals surface area (Å²) in [5.74, 6) is 0. The Balaban J connectivity index is 1.15. The molecular weight excluding hydrogens is 751 g/mol. The molecule has 0 saturated carbocycles. The Bertz CT molecular complexity index is 3640. The van der Waals surface area contributed by atoms with Crippen LogP contribution in [0.5, 0.6) is 0 Å². The molecule has 0 amide bonds. The molecule has 2 nitrogen and oxygen atoms in total. The van der Waals surface area contributed by atoms with E-state index >= 15 is 0 Å². The lowest BCUT2D eigenvalue weighted by Gasteiger charge is -2.31. The fraction of sp³-hybridized carbons (Fsp3) is 0. The van der Waals surface area contributed by atoms with Gasteiger partial charge in [0.15, 0.2) is 0 Å². The zero-order valence-electron chi connectivity index (χ0n) is 33.9. The number of nitrogens with zero attached hydrogens (tertiary/aromatic N) is 1. The van der Waals surface area contributed by atoms with Crippen LogP contribution < -0.4 is 4.90 Å². The Labute approximate surface area is 360 Å². The highest BCUT2D eigenvalue weighted by atomic mass is 16.3. The van der Waals surface area contributed by atoms with Gasteiger partial charge in [0.25, 0.3) is 0 Å². The van der Waals surface area contributed by atoms with E-state index in [9.17, 15) is 0 Å². The molecule has 0 unspecified atom stereocenters. The van der Waals surface area contributed by atoms with E-state index in [0.29, 0.717) is 0 Å². The van der Waals surface area contributed by atoms with Crippen LogP contribution in [0.1, 0.15) is 0 Å². The van der Waals surface area contributed by atoms with Crippen LogP contribution in [-0.4, -0.2) is 0 Å². The van der Waals surface area contributed by atoms with Crippen LogP contribution in [0.2, 0.25) is 0 Å². The molecule has 0 aliphatic rings. The van der Waals surface area contributed by atoms with Gasteiger partial charge in [0.05, 0.1) is 22.4 Å². The number of para-hydroxylation sites is 3. The molecule has 0 fully saturated rings. The SMILES string of the molecule is c1ccc(-c2ccc(-c3ccccc3N(c3ccccc3-c3cc4ccccc4c4ccccc34)c3ccc(-c4ccc5ccccc5c4)c4oc5ccccc5c34)cc2)cc1. The van der Waals surface area contributed by atoms with E-state index in [1.165, 1.54) is 49.0 Å². The minimum absolute atomic E-state index is 0.857. The Kier molecular flexibility index (Phi) is 8.53. The van der Waals surface area contributed by atoms with Crippen LogP contribution in [0, 0.1) is 0 Å². The maximum atomic E-state index is 6.98. The summed E-state index contributed by atoms with van der Waals surface area (Å²) in [6.07, 6.45) is 0. The monoisotopic (exact) mass is 789 g/mol. The second-order valence-electron chi connectivity index (χ2n) is 16.0. The van der Waals surface area contributed by atoms with Crippen molar-refractivity contribution in [3.63, 3.8) is 0 Å². The third-order valence-corrected chi connectivity index (χ3v) is 12.5. The van der Waals surface area contributed by atoms with Crippen molar-refractivity contribution < 1.29 is 4.42 Å². The zero-order valence-corrected chi connectivity index (χ0v) is 33.9. The average Bonchev–Trinajstić information content (AvgIpc) is 3.74. The molecule has 0 saturated heterocycles. The van der Waals surface area contributed by atoms with Crippen LogP contribution in [0.25, 0.3) is 98.8 Å². The van der Waals surface area contributed by atoms with Crippen molar-refractivity contribution in [1.82, 2.24) is 0 Å². The molecule has 12 rings (SSSR count). The lowest BCUT2D eigenvalue weighted by molar-refractivity contribution is 0.670. The van der Waals surface area contributed by atoms with E-state index in [0.717, 1.165) is 66.8 Å². The molecule has 62 heavy (non-hydrogen) atoms. The summed E-state index contributed by atoms with van der Waals surface area (Å²) < 4.78 is 6.98. The van der Waals surface area contributed by atoms with Crippen LogP contribution in [-0.2, 0) is 0 Å². The molecule has 290 valence electrons. The summed E-state index contributed by atoms with van der Waals surface area (Å²) in [5, 5.41) is 9.47. The van der Waals surface area contributed by atoms with Gasteiger partial charge < -0.3 is 9.32 Å². The summed E-state index contributed by atoms with van der Waals surface area (Å²) in [7, 11) is 0. The second kappa shape index (κ2) is 14.8. The Morgan fingerprint density at radius 1 is 0.274 bits per heavy atom. The van der Waals surface area contributed by atoms with E-state index in [2.05, 4.69) is 241 Å². The van der Waals surface area contributed by atoms with Crippen LogP contribution >= 0.6 is 0 Å². The van der Waals surface area contributed by atoms with Gasteiger partial charge in [-0.1, -0.05) is 194 Å². The van der Waals surface area contributed by atoms with E-state index in [-0.39, 0.29) is 0 Å². The zero-order chi connectivity index (χ0) is 41.0. The number of anilines is 3. The van der Waals surface area contributed by atoms with Crippen LogP contribution in [0.3, 0.4) is 0 Å². The predicted octanol–water partition coefficient (Wildman–Crippen LogP) is 17.2. The number of hydrogen-bond acceptors (Lipinski definition) is 2. The molecule has 1 aromatic heterocycles. The van der Waals surface area contributed by atoms with Crippen molar-refractivity contribution in [3.8, 4) is 44.5 Å². The summed E-state index contributed by atoms with van der Waals surface area (Å²) in [6.45, 7) is 0. The Hall–Kier alpha value is -8.20. The molecule has 12 aromatic rings. The van der Waals surface area contributed by atoms with E-state index in [4.69, 9.17) is 4.42 Å². The van der Waals surface area contributed by atoms with E-state index in [1.54, 1.807) is 0 Å². The van der Waals surface area contributed by atoms with Gasteiger partial charge in [-0.3, -0.25) is 0 Å². The highest BCUT2D eigenvalue weighted by Gasteiger charge is 2.26. The second-order valence-corrected chi connectivity index (χ2v) is 16.0. The summed E-state index contributed by atoms with van der Waals surface area (Å²) in [6, 6.07) is 85.5. The summed E-state index contributed by atoms with van der Waals surface area (Å²) in [4.78, 5) is 2.48. The summed E-state index contributed by atoms with van der Waals surface area (Å²) >= 11 is 0. The first-order chi connectivity index (χ1) is 30.8. The highest BCUT2D eigenvalue weighted by Crippen LogP contribution is 2.51. The Morgan fingerprint density at radius 3 is 1.65 bits per heavy atom. The van der Waals surface area contributed by atoms with Crippen molar-refractivity contribution in [2.75, 3.05) is 4.90 Å². The van der Waals surface area contributed by atoms with Crippen LogP contribution in [0.15, 0.2) is 241 Å². The topological polar surface area (TPSA) is 16.4 Å². The number of fused-ring (bicyclic) bond motifs is 7. The van der Waals surface area contributed by atoms with Gasteiger partial charge in [-0.2, -0.15) is 0 Å². The van der Waals surface area contributed by atoms with Gasteiger partial charge in [-0.15, -0.1) is 0 Å². The molecule has 1 heterocycles. The number of furan rings is 1. The van der Waals surface area contributed by atoms with Gasteiger partial charge in [-0.25, -0.2) is 0 Å². The fourth-order valence-corrected chi connectivity index (χ4v) is 9.53. The predicted molar refractivity (Wildman–Crippen MR) is 263 cm³/mol. The van der Waals surface area contributed by atoms with Crippen molar-refractivity contribution in [1.29, 1.82) is 0 Å². The molecule has 11 aromatic carbocycles. The largest absolute Gasteiger partial charge is 0.455 e. The molecule has 0 N–H and O–H groups in total. The van der Waals surface area contributed by atoms with Crippen molar-refractivity contribution in [2.24, 2.45) is 0 Å². The average molecular weight is 790 g/mol. The normalized spacial score (nSPS) is 11.5. The molecular formula is C60H39NO. The Morgan fingerprint density at radius 2 is 0.839 bits per heavy atom. The first-order valence-electron chi connectivity index (χ1n) is 21.3. The van der Waals surface area contributed by atoms with Crippen molar-refractivity contribution in [2.45, 2.75) is 0 Å². The minimum atomic E-state index is 0.857. The third-order valence-electron chi connectivity index (χ3n) is 12.5. The lowest BCUT2D eigenvalue weighted by atomic mass is 9.91. The quantitative estimate of drug-likeness (QED) is 0.150. The van der Waals surface area contributed by atoms with E-state index < -0.39 is 0 Å². The number of hydrogen-bond donors (Lipinski definition) is 0. The molecule has 0 aliphatic heterocycles.